The Hall–Kier alpha value is -1.63. The molecule has 1 aromatic carbocycles. The highest BCUT2D eigenvalue weighted by Crippen LogP contribution is 2.19. The summed E-state index contributed by atoms with van der Waals surface area (Å²) < 4.78 is 5.54. The summed E-state index contributed by atoms with van der Waals surface area (Å²) in [5, 5.41) is 5.55. The zero-order chi connectivity index (χ0) is 15.2. The van der Waals surface area contributed by atoms with Crippen molar-refractivity contribution in [2.45, 2.75) is 38.5 Å². The van der Waals surface area contributed by atoms with E-state index >= 15 is 0 Å². The Morgan fingerprint density at radius 2 is 1.95 bits per heavy atom. The molecule has 122 valence electrons. The van der Waals surface area contributed by atoms with Gasteiger partial charge in [-0.1, -0.05) is 12.1 Å². The van der Waals surface area contributed by atoms with Gasteiger partial charge in [0.15, 0.2) is 0 Å². The van der Waals surface area contributed by atoms with Crippen LogP contribution in [-0.4, -0.2) is 30.6 Å². The third-order valence-electron chi connectivity index (χ3n) is 3.40. The summed E-state index contributed by atoms with van der Waals surface area (Å²) in [4.78, 5) is 22.9. The van der Waals surface area contributed by atoms with Crippen molar-refractivity contribution in [1.82, 2.24) is 5.32 Å². The maximum atomic E-state index is 12.0. The molecule has 2 atom stereocenters. The van der Waals surface area contributed by atoms with Crippen LogP contribution >= 0.6 is 12.4 Å². The number of ether oxygens (including phenoxy) is 1. The molecule has 1 aliphatic heterocycles. The third kappa shape index (κ3) is 5.29. The minimum Gasteiger partial charge on any atom is -0.364 e. The Morgan fingerprint density at radius 1 is 1.27 bits per heavy atom. The second-order valence-corrected chi connectivity index (χ2v) is 5.16. The molecule has 0 bridgehead atoms. The molecule has 6 nitrogen and oxygen atoms in total. The Bertz CT molecular complexity index is 507. The summed E-state index contributed by atoms with van der Waals surface area (Å²) in [6, 6.07) is 7.34. The van der Waals surface area contributed by atoms with Gasteiger partial charge in [0.2, 0.25) is 11.8 Å². The third-order valence-corrected chi connectivity index (χ3v) is 3.40. The van der Waals surface area contributed by atoms with Crippen molar-refractivity contribution < 1.29 is 14.3 Å². The van der Waals surface area contributed by atoms with E-state index in [2.05, 4.69) is 10.6 Å². The number of carbonyl (C=O) groups excluding carboxylic acids is 2. The molecule has 0 radical (unpaired) electrons. The van der Waals surface area contributed by atoms with Crippen LogP contribution in [0, 0.1) is 0 Å². The van der Waals surface area contributed by atoms with Gasteiger partial charge in [-0.3, -0.25) is 9.59 Å². The number of benzene rings is 1. The molecule has 2 amide bonds. The highest BCUT2D eigenvalue weighted by Gasteiger charge is 2.29. The van der Waals surface area contributed by atoms with Crippen LogP contribution in [0.15, 0.2) is 24.3 Å². The van der Waals surface area contributed by atoms with E-state index in [0.717, 1.165) is 24.1 Å². The first kappa shape index (κ1) is 18.4. The van der Waals surface area contributed by atoms with E-state index in [9.17, 15) is 9.59 Å². The van der Waals surface area contributed by atoms with Crippen molar-refractivity contribution in [3.05, 3.63) is 29.8 Å². The quantitative estimate of drug-likeness (QED) is 0.757. The van der Waals surface area contributed by atoms with Crippen LogP contribution in [0.4, 0.5) is 5.69 Å². The number of hydrogen-bond acceptors (Lipinski definition) is 4. The van der Waals surface area contributed by atoms with E-state index in [1.54, 1.807) is 12.1 Å². The van der Waals surface area contributed by atoms with Gasteiger partial charge < -0.3 is 21.1 Å². The fourth-order valence-corrected chi connectivity index (χ4v) is 2.28. The van der Waals surface area contributed by atoms with Crippen LogP contribution in [-0.2, 0) is 20.9 Å². The summed E-state index contributed by atoms with van der Waals surface area (Å²) >= 11 is 0. The molecule has 1 fully saturated rings. The van der Waals surface area contributed by atoms with Gasteiger partial charge in [-0.25, -0.2) is 0 Å². The van der Waals surface area contributed by atoms with Crippen molar-refractivity contribution >= 4 is 29.9 Å². The van der Waals surface area contributed by atoms with E-state index in [4.69, 9.17) is 10.5 Å². The number of nitrogens with two attached hydrogens (primary N) is 1. The topological polar surface area (TPSA) is 93.5 Å². The number of carbonyl (C=O) groups is 2. The van der Waals surface area contributed by atoms with E-state index in [0.29, 0.717) is 13.1 Å². The fraction of sp³-hybridized carbons (Fsp3) is 0.467. The highest BCUT2D eigenvalue weighted by molar-refractivity contribution is 5.88. The molecule has 0 aromatic heterocycles. The molecule has 22 heavy (non-hydrogen) atoms. The Balaban J connectivity index is 0.00000242. The minimum atomic E-state index is -0.391. The Labute approximate surface area is 136 Å². The molecule has 1 saturated heterocycles. The number of halogens is 1. The van der Waals surface area contributed by atoms with Crippen LogP contribution < -0.4 is 16.4 Å². The van der Waals surface area contributed by atoms with Crippen LogP contribution in [0.3, 0.4) is 0 Å². The van der Waals surface area contributed by atoms with Gasteiger partial charge >= 0.3 is 0 Å². The molecular weight excluding hydrogens is 306 g/mol. The van der Waals surface area contributed by atoms with E-state index in [-0.39, 0.29) is 30.3 Å². The molecule has 1 aliphatic rings. The average molecular weight is 328 g/mol. The fourth-order valence-electron chi connectivity index (χ4n) is 2.28. The average Bonchev–Trinajstić information content (AvgIpc) is 2.94. The SMILES string of the molecule is CC(=O)Nc1ccc(CNC(=O)[C@@H]2CC[C@H](CN)O2)cc1.Cl. The lowest BCUT2D eigenvalue weighted by Gasteiger charge is -2.13. The van der Waals surface area contributed by atoms with Gasteiger partial charge in [0.25, 0.3) is 0 Å². The molecule has 1 heterocycles. The maximum Gasteiger partial charge on any atom is 0.249 e. The second-order valence-electron chi connectivity index (χ2n) is 5.16. The number of nitrogens with one attached hydrogen (secondary N) is 2. The Morgan fingerprint density at radius 3 is 2.50 bits per heavy atom. The van der Waals surface area contributed by atoms with Gasteiger partial charge in [0.05, 0.1) is 6.10 Å². The lowest BCUT2D eigenvalue weighted by Crippen LogP contribution is -2.35. The Kier molecular flexibility index (Phi) is 7.31. The number of amides is 2. The van der Waals surface area contributed by atoms with Crippen molar-refractivity contribution in [1.29, 1.82) is 0 Å². The highest BCUT2D eigenvalue weighted by atomic mass is 35.5. The summed E-state index contributed by atoms with van der Waals surface area (Å²) in [6.07, 6.45) is 1.16. The summed E-state index contributed by atoms with van der Waals surface area (Å²) in [6.45, 7) is 2.35. The lowest BCUT2D eigenvalue weighted by molar-refractivity contribution is -0.132. The zero-order valence-electron chi connectivity index (χ0n) is 12.5. The summed E-state index contributed by atoms with van der Waals surface area (Å²) in [5.41, 5.74) is 7.23. The van der Waals surface area contributed by atoms with Crippen LogP contribution in [0.25, 0.3) is 0 Å². The number of rotatable bonds is 5. The van der Waals surface area contributed by atoms with Crippen molar-refractivity contribution in [2.75, 3.05) is 11.9 Å². The largest absolute Gasteiger partial charge is 0.364 e. The zero-order valence-corrected chi connectivity index (χ0v) is 13.3. The molecule has 4 N–H and O–H groups in total. The predicted molar refractivity (Wildman–Crippen MR) is 86.8 cm³/mol. The van der Waals surface area contributed by atoms with Gasteiger partial charge in [0.1, 0.15) is 6.10 Å². The van der Waals surface area contributed by atoms with E-state index in [1.807, 2.05) is 12.1 Å². The summed E-state index contributed by atoms with van der Waals surface area (Å²) in [5.74, 6) is -0.208. The van der Waals surface area contributed by atoms with Crippen LogP contribution in [0.1, 0.15) is 25.3 Å². The van der Waals surface area contributed by atoms with E-state index < -0.39 is 6.10 Å². The minimum absolute atomic E-state index is 0. The normalized spacial score (nSPS) is 20.1. The smallest absolute Gasteiger partial charge is 0.249 e. The standard InChI is InChI=1S/C15H21N3O3.ClH/c1-10(19)18-12-4-2-11(3-5-12)9-17-15(20)14-7-6-13(8-16)21-14;/h2-5,13-14H,6-9,16H2,1H3,(H,17,20)(H,18,19);1H/t13-,14+;/m1./s1. The number of hydrogen-bond donors (Lipinski definition) is 3. The first-order valence-corrected chi connectivity index (χ1v) is 7.08. The van der Waals surface area contributed by atoms with Crippen LogP contribution in [0.2, 0.25) is 0 Å². The lowest BCUT2D eigenvalue weighted by atomic mass is 10.1. The van der Waals surface area contributed by atoms with Crippen molar-refractivity contribution in [2.24, 2.45) is 5.73 Å². The predicted octanol–water partition coefficient (Wildman–Crippen LogP) is 1.19. The first-order chi connectivity index (χ1) is 10.1. The molecule has 1 aromatic rings. The molecule has 0 saturated carbocycles. The molecular formula is C15H22ClN3O3. The molecule has 0 spiro atoms. The first-order valence-electron chi connectivity index (χ1n) is 7.08. The second kappa shape index (κ2) is 8.73. The van der Waals surface area contributed by atoms with Gasteiger partial charge in [-0.05, 0) is 30.5 Å². The summed E-state index contributed by atoms with van der Waals surface area (Å²) in [7, 11) is 0. The number of anilines is 1. The van der Waals surface area contributed by atoms with Crippen molar-refractivity contribution in [3.63, 3.8) is 0 Å². The van der Waals surface area contributed by atoms with Crippen LogP contribution in [0.5, 0.6) is 0 Å². The van der Waals surface area contributed by atoms with Gasteiger partial charge in [0, 0.05) is 25.7 Å². The molecule has 0 unspecified atom stereocenters. The van der Waals surface area contributed by atoms with E-state index in [1.165, 1.54) is 6.92 Å². The monoisotopic (exact) mass is 327 g/mol. The molecule has 7 heteroatoms. The van der Waals surface area contributed by atoms with Gasteiger partial charge in [-0.15, -0.1) is 12.4 Å². The molecule has 2 rings (SSSR count). The van der Waals surface area contributed by atoms with Gasteiger partial charge in [-0.2, -0.15) is 0 Å². The molecule has 0 aliphatic carbocycles. The maximum absolute atomic E-state index is 12.0. The van der Waals surface area contributed by atoms with Crippen molar-refractivity contribution in [3.8, 4) is 0 Å².